The number of fused-ring (bicyclic) bond motifs is 2. The molecule has 1 heterocycles. The minimum Gasteiger partial charge on any atom is -0.494 e. The van der Waals surface area contributed by atoms with Gasteiger partial charge in [0.1, 0.15) is 0 Å². The molecule has 0 saturated heterocycles. The summed E-state index contributed by atoms with van der Waals surface area (Å²) in [6.07, 6.45) is 6.35. The third-order valence-electron chi connectivity index (χ3n) is 5.48. The standard InChI is InChI=1S/C20H18N2O2/c21-15-5-1-4-14-13(15)3-2-6-16(14)22-19(23)17-11-7-8-12(10-9-11)18(17)20(22)24/h1-8,11-12,23-24H,9-10,21H2/t11-,12+. The molecule has 0 fully saturated rings. The summed E-state index contributed by atoms with van der Waals surface area (Å²) in [7, 11) is 0. The van der Waals surface area contributed by atoms with E-state index in [2.05, 4.69) is 12.2 Å². The maximum Gasteiger partial charge on any atom is 0.202 e. The highest BCUT2D eigenvalue weighted by atomic mass is 16.3. The highest BCUT2D eigenvalue weighted by Crippen LogP contribution is 2.54. The molecule has 4 nitrogen and oxygen atoms in total. The second-order valence-electron chi connectivity index (χ2n) is 6.70. The fourth-order valence-electron chi connectivity index (χ4n) is 4.36. The number of rotatable bonds is 1. The SMILES string of the molecule is Nc1cccc2c(-n3c(O)c4c(c3O)[C@H]3C=C[C@@H]4CC3)cccc12. The van der Waals surface area contributed by atoms with Gasteiger partial charge in [0.25, 0.3) is 0 Å². The van der Waals surface area contributed by atoms with Crippen LogP contribution in [0.25, 0.3) is 16.5 Å². The zero-order valence-corrected chi connectivity index (χ0v) is 13.1. The summed E-state index contributed by atoms with van der Waals surface area (Å²) in [5, 5.41) is 23.6. The number of benzene rings is 2. The molecule has 3 aliphatic rings. The summed E-state index contributed by atoms with van der Waals surface area (Å²) in [5.74, 6) is 0.683. The second kappa shape index (κ2) is 4.57. The van der Waals surface area contributed by atoms with Crippen LogP contribution < -0.4 is 5.73 Å². The van der Waals surface area contributed by atoms with Crippen LogP contribution in [-0.2, 0) is 0 Å². The average molecular weight is 318 g/mol. The molecule has 120 valence electrons. The van der Waals surface area contributed by atoms with Crippen molar-refractivity contribution in [3.05, 3.63) is 59.7 Å². The summed E-state index contributed by atoms with van der Waals surface area (Å²) in [5.41, 5.74) is 9.29. The second-order valence-corrected chi connectivity index (χ2v) is 6.70. The Morgan fingerprint density at radius 1 is 0.833 bits per heavy atom. The molecule has 24 heavy (non-hydrogen) atoms. The molecule has 3 aliphatic carbocycles. The molecule has 0 saturated carbocycles. The van der Waals surface area contributed by atoms with Crippen molar-refractivity contribution in [1.29, 1.82) is 0 Å². The molecule has 2 bridgehead atoms. The van der Waals surface area contributed by atoms with E-state index in [1.54, 1.807) is 4.57 Å². The number of nitrogens with zero attached hydrogens (tertiary/aromatic N) is 1. The van der Waals surface area contributed by atoms with E-state index >= 15 is 0 Å². The Morgan fingerprint density at radius 2 is 1.42 bits per heavy atom. The Balaban J connectivity index is 1.84. The van der Waals surface area contributed by atoms with Crippen molar-refractivity contribution in [3.8, 4) is 17.4 Å². The van der Waals surface area contributed by atoms with Crippen LogP contribution in [0.5, 0.6) is 11.8 Å². The number of anilines is 1. The van der Waals surface area contributed by atoms with Crippen LogP contribution in [0.2, 0.25) is 0 Å². The Bertz CT molecular complexity index is 979. The van der Waals surface area contributed by atoms with Crippen LogP contribution in [0.15, 0.2) is 48.6 Å². The van der Waals surface area contributed by atoms with E-state index in [0.717, 1.165) is 40.4 Å². The minimum absolute atomic E-state index is 0.150. The third-order valence-corrected chi connectivity index (χ3v) is 5.48. The van der Waals surface area contributed by atoms with Crippen LogP contribution in [0.4, 0.5) is 5.69 Å². The molecule has 4 heteroatoms. The molecule has 0 spiro atoms. The fraction of sp³-hybridized carbons (Fsp3) is 0.200. The maximum absolute atomic E-state index is 10.9. The molecule has 2 aromatic carbocycles. The van der Waals surface area contributed by atoms with Gasteiger partial charge in [-0.25, -0.2) is 0 Å². The smallest absolute Gasteiger partial charge is 0.202 e. The number of aromatic hydroxyl groups is 2. The molecule has 3 aromatic rings. The number of hydrogen-bond acceptors (Lipinski definition) is 3. The number of allylic oxidation sites excluding steroid dienone is 2. The fourth-order valence-corrected chi connectivity index (χ4v) is 4.36. The first-order chi connectivity index (χ1) is 11.7. The molecule has 0 radical (unpaired) electrons. The first-order valence-electron chi connectivity index (χ1n) is 8.29. The van der Waals surface area contributed by atoms with Crippen molar-refractivity contribution in [2.75, 3.05) is 5.73 Å². The van der Waals surface area contributed by atoms with E-state index in [4.69, 9.17) is 5.73 Å². The van der Waals surface area contributed by atoms with Crippen molar-refractivity contribution in [2.45, 2.75) is 24.7 Å². The largest absolute Gasteiger partial charge is 0.494 e. The van der Waals surface area contributed by atoms with Crippen LogP contribution in [0.1, 0.15) is 35.8 Å². The summed E-state index contributed by atoms with van der Waals surface area (Å²) in [4.78, 5) is 0. The Morgan fingerprint density at radius 3 is 2.04 bits per heavy atom. The van der Waals surface area contributed by atoms with Gasteiger partial charge in [-0.1, -0.05) is 36.4 Å². The quantitative estimate of drug-likeness (QED) is 0.466. The van der Waals surface area contributed by atoms with Gasteiger partial charge in [0.2, 0.25) is 11.8 Å². The molecular formula is C20H18N2O2. The summed E-state index contributed by atoms with van der Waals surface area (Å²) in [6.45, 7) is 0. The van der Waals surface area contributed by atoms with Crippen molar-refractivity contribution in [3.63, 3.8) is 0 Å². The average Bonchev–Trinajstić information content (AvgIpc) is 2.89. The number of nitrogen functional groups attached to an aromatic ring is 1. The van der Waals surface area contributed by atoms with Gasteiger partial charge in [-0.05, 0) is 25.0 Å². The normalized spacial score (nSPS) is 21.3. The number of hydrogen-bond donors (Lipinski definition) is 3. The van der Waals surface area contributed by atoms with Gasteiger partial charge < -0.3 is 15.9 Å². The highest BCUT2D eigenvalue weighted by Gasteiger charge is 2.38. The number of aromatic nitrogens is 1. The summed E-state index contributed by atoms with van der Waals surface area (Å²) >= 11 is 0. The van der Waals surface area contributed by atoms with Crippen LogP contribution >= 0.6 is 0 Å². The van der Waals surface area contributed by atoms with E-state index in [-0.39, 0.29) is 23.6 Å². The van der Waals surface area contributed by atoms with Crippen LogP contribution in [-0.4, -0.2) is 14.8 Å². The van der Waals surface area contributed by atoms with Crippen molar-refractivity contribution >= 4 is 16.5 Å². The summed E-state index contributed by atoms with van der Waals surface area (Å²) in [6, 6.07) is 11.5. The molecule has 0 amide bonds. The molecule has 1 aromatic heterocycles. The number of nitrogens with two attached hydrogens (primary N) is 1. The molecule has 6 rings (SSSR count). The van der Waals surface area contributed by atoms with Crippen LogP contribution in [0.3, 0.4) is 0 Å². The zero-order valence-electron chi connectivity index (χ0n) is 13.1. The van der Waals surface area contributed by atoms with Crippen LogP contribution in [0, 0.1) is 0 Å². The first-order valence-corrected chi connectivity index (χ1v) is 8.29. The van der Waals surface area contributed by atoms with Crippen molar-refractivity contribution < 1.29 is 10.2 Å². The van der Waals surface area contributed by atoms with E-state index in [0.29, 0.717) is 5.69 Å². The van der Waals surface area contributed by atoms with E-state index in [1.807, 2.05) is 36.4 Å². The van der Waals surface area contributed by atoms with E-state index in [1.165, 1.54) is 0 Å². The lowest BCUT2D eigenvalue weighted by Crippen LogP contribution is -2.15. The predicted octanol–water partition coefficient (Wildman–Crippen LogP) is 4.15. The Hall–Kier alpha value is -2.88. The van der Waals surface area contributed by atoms with Gasteiger partial charge in [0.15, 0.2) is 0 Å². The first kappa shape index (κ1) is 13.5. The van der Waals surface area contributed by atoms with Crippen molar-refractivity contribution in [1.82, 2.24) is 4.57 Å². The minimum atomic E-state index is 0.150. The lowest BCUT2D eigenvalue weighted by Gasteiger charge is -2.30. The van der Waals surface area contributed by atoms with Gasteiger partial charge in [0, 0.05) is 39.4 Å². The van der Waals surface area contributed by atoms with Gasteiger partial charge in [-0.3, -0.25) is 4.57 Å². The highest BCUT2D eigenvalue weighted by molar-refractivity contribution is 5.98. The van der Waals surface area contributed by atoms with Crippen molar-refractivity contribution in [2.24, 2.45) is 0 Å². The predicted molar refractivity (Wildman–Crippen MR) is 94.9 cm³/mol. The van der Waals surface area contributed by atoms with Gasteiger partial charge >= 0.3 is 0 Å². The topological polar surface area (TPSA) is 71.4 Å². The van der Waals surface area contributed by atoms with E-state index in [9.17, 15) is 10.2 Å². The molecule has 0 unspecified atom stereocenters. The van der Waals surface area contributed by atoms with Gasteiger partial charge in [-0.2, -0.15) is 0 Å². The Kier molecular flexibility index (Phi) is 2.58. The van der Waals surface area contributed by atoms with Gasteiger partial charge in [0.05, 0.1) is 5.69 Å². The molecular weight excluding hydrogens is 300 g/mol. The molecule has 0 aliphatic heterocycles. The lowest BCUT2D eigenvalue weighted by molar-refractivity contribution is 0.399. The third kappa shape index (κ3) is 1.58. The molecule has 4 N–H and O–H groups in total. The monoisotopic (exact) mass is 318 g/mol. The van der Waals surface area contributed by atoms with E-state index < -0.39 is 0 Å². The maximum atomic E-state index is 10.9. The lowest BCUT2D eigenvalue weighted by atomic mass is 9.73. The van der Waals surface area contributed by atoms with Gasteiger partial charge in [-0.15, -0.1) is 0 Å². The Labute approximate surface area is 139 Å². The molecule has 2 atom stereocenters. The zero-order chi connectivity index (χ0) is 16.4. The summed E-state index contributed by atoms with van der Waals surface area (Å²) < 4.78 is 1.57.